The van der Waals surface area contributed by atoms with Crippen LogP contribution < -0.4 is 4.67 Å². The normalized spacial score (nSPS) is 27.9. The lowest BCUT2D eigenvalue weighted by molar-refractivity contribution is 0.291. The van der Waals surface area contributed by atoms with E-state index in [9.17, 15) is 4.57 Å². The van der Waals surface area contributed by atoms with Crippen LogP contribution in [-0.2, 0) is 15.5 Å². The van der Waals surface area contributed by atoms with Crippen molar-refractivity contribution < 1.29 is 9.09 Å². The molecule has 0 spiro atoms. The van der Waals surface area contributed by atoms with Crippen molar-refractivity contribution in [1.82, 2.24) is 4.67 Å². The molecule has 1 fully saturated rings. The fourth-order valence-corrected chi connectivity index (χ4v) is 6.24. The van der Waals surface area contributed by atoms with Crippen molar-refractivity contribution >= 4 is 36.6 Å². The third-order valence-corrected chi connectivity index (χ3v) is 6.81. The summed E-state index contributed by atoms with van der Waals surface area (Å²) in [6.07, 6.45) is 0.885. The van der Waals surface area contributed by atoms with Crippen molar-refractivity contribution in [2.75, 3.05) is 36.1 Å². The smallest absolute Gasteiger partial charge is 0.299 e. The van der Waals surface area contributed by atoms with Gasteiger partial charge < -0.3 is 0 Å². The number of rotatable bonds is 5. The van der Waals surface area contributed by atoms with Crippen molar-refractivity contribution in [3.8, 4) is 0 Å². The van der Waals surface area contributed by atoms with Gasteiger partial charge >= 0.3 is 7.67 Å². The molecule has 0 aliphatic carbocycles. The lowest BCUT2D eigenvalue weighted by Gasteiger charge is -2.33. The summed E-state index contributed by atoms with van der Waals surface area (Å²) in [4.78, 5) is 0. The molecule has 0 bridgehead atoms. The molecule has 20 heavy (non-hydrogen) atoms. The Morgan fingerprint density at radius 2 is 2.00 bits per heavy atom. The van der Waals surface area contributed by atoms with Crippen molar-refractivity contribution in [3.05, 3.63) is 29.8 Å². The van der Waals surface area contributed by atoms with Gasteiger partial charge in [-0.05, 0) is 18.1 Å². The first-order valence-corrected chi connectivity index (χ1v) is 9.30. The van der Waals surface area contributed by atoms with E-state index in [0.29, 0.717) is 31.5 Å². The topological polar surface area (TPSA) is 32.8 Å². The molecule has 1 aromatic carbocycles. The van der Waals surface area contributed by atoms with Crippen LogP contribution >= 0.6 is 30.9 Å². The van der Waals surface area contributed by atoms with Crippen LogP contribution in [0.25, 0.3) is 0 Å². The predicted octanol–water partition coefficient (Wildman–Crippen LogP) is 3.34. The summed E-state index contributed by atoms with van der Waals surface area (Å²) < 4.78 is 22.9. The van der Waals surface area contributed by atoms with E-state index in [1.807, 2.05) is 22.9 Å². The molecule has 4 nitrogen and oxygen atoms in total. The van der Waals surface area contributed by atoms with Crippen LogP contribution in [0.4, 0.5) is 5.69 Å². The van der Waals surface area contributed by atoms with Crippen LogP contribution in [-0.4, -0.2) is 42.2 Å². The Balaban J connectivity index is 1.96. The second-order valence-electron chi connectivity index (χ2n) is 4.95. The molecule has 1 saturated heterocycles. The van der Waals surface area contributed by atoms with Gasteiger partial charge in [-0.3, -0.25) is 9.19 Å². The second kappa shape index (κ2) is 5.86. The molecule has 2 atom stereocenters. The number of benzene rings is 1. The maximum atomic E-state index is 13.4. The van der Waals surface area contributed by atoms with Crippen molar-refractivity contribution in [2.45, 2.75) is 12.5 Å². The lowest BCUT2D eigenvalue weighted by atomic mass is 10.1. The van der Waals surface area contributed by atoms with Gasteiger partial charge in [0.2, 0.25) is 0 Å². The van der Waals surface area contributed by atoms with E-state index in [1.165, 1.54) is 5.56 Å². The van der Waals surface area contributed by atoms with Gasteiger partial charge in [-0.2, -0.15) is 0 Å². The van der Waals surface area contributed by atoms with Crippen molar-refractivity contribution in [1.29, 1.82) is 0 Å². The molecule has 0 radical (unpaired) electrons. The number of fused-ring (bicyclic) bond motifs is 3. The van der Waals surface area contributed by atoms with E-state index in [1.54, 1.807) is 4.67 Å². The Labute approximate surface area is 129 Å². The quantitative estimate of drug-likeness (QED) is 0.610. The predicted molar refractivity (Wildman–Crippen MR) is 83.0 cm³/mol. The zero-order chi connectivity index (χ0) is 14.2. The average Bonchev–Trinajstić information content (AvgIpc) is 2.97. The molecule has 0 N–H and O–H groups in total. The highest BCUT2D eigenvalue weighted by molar-refractivity contribution is 7.58. The van der Waals surface area contributed by atoms with Gasteiger partial charge in [0.1, 0.15) is 0 Å². The summed E-state index contributed by atoms with van der Waals surface area (Å²) >= 11 is 11.7. The molecule has 2 heterocycles. The van der Waals surface area contributed by atoms with Crippen LogP contribution in [0, 0.1) is 0 Å². The van der Waals surface area contributed by atoms with Crippen LogP contribution in [0.5, 0.6) is 0 Å². The van der Waals surface area contributed by atoms with Crippen LogP contribution in [0.1, 0.15) is 5.56 Å². The molecule has 0 aromatic heterocycles. The van der Waals surface area contributed by atoms with E-state index in [0.717, 1.165) is 12.1 Å². The summed E-state index contributed by atoms with van der Waals surface area (Å²) in [5.74, 6) is 0.814. The van der Waals surface area contributed by atoms with Gasteiger partial charge in [-0.1, -0.05) is 18.2 Å². The molecule has 0 saturated carbocycles. The minimum absolute atomic E-state index is 0.159. The minimum atomic E-state index is -3.05. The lowest BCUT2D eigenvalue weighted by Crippen LogP contribution is -2.33. The summed E-state index contributed by atoms with van der Waals surface area (Å²) in [5.41, 5.74) is 2.25. The van der Waals surface area contributed by atoms with Crippen molar-refractivity contribution in [3.63, 3.8) is 0 Å². The van der Waals surface area contributed by atoms with Gasteiger partial charge in [0.25, 0.3) is 0 Å². The first kappa shape index (κ1) is 14.7. The van der Waals surface area contributed by atoms with E-state index in [2.05, 4.69) is 6.07 Å². The second-order valence-corrected chi connectivity index (χ2v) is 7.94. The number of halogens is 2. The fourth-order valence-electron chi connectivity index (χ4n) is 2.94. The third kappa shape index (κ3) is 2.28. The maximum absolute atomic E-state index is 13.4. The van der Waals surface area contributed by atoms with E-state index in [-0.39, 0.29) is 6.04 Å². The van der Waals surface area contributed by atoms with Crippen molar-refractivity contribution in [2.24, 2.45) is 0 Å². The molecule has 1 aromatic rings. The molecule has 110 valence electrons. The molecule has 2 aliphatic rings. The minimum Gasteiger partial charge on any atom is -0.299 e. The van der Waals surface area contributed by atoms with Crippen LogP contribution in [0.15, 0.2) is 24.3 Å². The van der Waals surface area contributed by atoms with Gasteiger partial charge in [-0.15, -0.1) is 23.2 Å². The maximum Gasteiger partial charge on any atom is 0.371 e. The largest absolute Gasteiger partial charge is 0.371 e. The van der Waals surface area contributed by atoms with Gasteiger partial charge in [-0.25, -0.2) is 9.24 Å². The molecule has 0 amide bonds. The highest BCUT2D eigenvalue weighted by Gasteiger charge is 2.51. The van der Waals surface area contributed by atoms with Crippen LogP contribution in [0.2, 0.25) is 0 Å². The summed E-state index contributed by atoms with van der Waals surface area (Å²) in [6.45, 7) is 1.51. The zero-order valence-electron chi connectivity index (χ0n) is 11.0. The molecular weight excluding hydrogens is 318 g/mol. The first-order chi connectivity index (χ1) is 9.70. The Morgan fingerprint density at radius 1 is 1.30 bits per heavy atom. The summed E-state index contributed by atoms with van der Waals surface area (Å²) in [6, 6.07) is 8.24. The average molecular weight is 335 g/mol. The molecular formula is C13H17Cl2N2O2P. The zero-order valence-corrected chi connectivity index (χ0v) is 13.4. The summed E-state index contributed by atoms with van der Waals surface area (Å²) in [7, 11) is -3.05. The summed E-state index contributed by atoms with van der Waals surface area (Å²) in [5, 5.41) is 0. The monoisotopic (exact) mass is 334 g/mol. The number of anilines is 1. The Morgan fingerprint density at radius 3 is 2.70 bits per heavy atom. The Bertz CT molecular complexity index is 537. The number of hydrogen-bond donors (Lipinski definition) is 0. The number of alkyl halides is 2. The standard InChI is InChI=1S/C13H17Cl2N2O2P/c14-5-7-16(8-6-15)20(18)17-12(10-19-20)9-11-3-1-2-4-13(11)17/h1-4,12H,5-10H2/t12-,20?/m0/s1. The van der Waals surface area contributed by atoms with Gasteiger partial charge in [0.05, 0.1) is 12.6 Å². The molecule has 3 rings (SSSR count). The fraction of sp³-hybridized carbons (Fsp3) is 0.538. The third-order valence-electron chi connectivity index (χ3n) is 3.79. The highest BCUT2D eigenvalue weighted by atomic mass is 35.5. The van der Waals surface area contributed by atoms with E-state index in [4.69, 9.17) is 27.7 Å². The molecule has 7 heteroatoms. The Hall–Kier alpha value is -0.250. The molecule has 2 aliphatic heterocycles. The highest BCUT2D eigenvalue weighted by Crippen LogP contribution is 2.64. The first-order valence-electron chi connectivity index (χ1n) is 6.70. The number of nitrogens with zero attached hydrogens (tertiary/aromatic N) is 2. The number of hydrogen-bond acceptors (Lipinski definition) is 2. The van der Waals surface area contributed by atoms with Gasteiger partial charge in [0.15, 0.2) is 0 Å². The number of para-hydroxylation sites is 1. The van der Waals surface area contributed by atoms with Crippen LogP contribution in [0.3, 0.4) is 0 Å². The van der Waals surface area contributed by atoms with Gasteiger partial charge in [0, 0.05) is 30.5 Å². The molecule has 1 unspecified atom stereocenters. The van der Waals surface area contributed by atoms with E-state index < -0.39 is 7.67 Å². The Kier molecular flexibility index (Phi) is 4.30. The van der Waals surface area contributed by atoms with E-state index >= 15 is 0 Å². The SMILES string of the molecule is O=P1(N(CCCl)CCCl)OC[C@@H]2Cc3ccccc3N21.